The zero-order valence-electron chi connectivity index (χ0n) is 21.1. The third-order valence-corrected chi connectivity index (χ3v) is 6.68. The lowest BCUT2D eigenvalue weighted by Crippen LogP contribution is -2.45. The van der Waals surface area contributed by atoms with E-state index in [2.05, 4.69) is 37.8 Å². The van der Waals surface area contributed by atoms with Crippen molar-refractivity contribution in [3.05, 3.63) is 76.5 Å². The van der Waals surface area contributed by atoms with Gasteiger partial charge in [0.1, 0.15) is 19.7 Å². The van der Waals surface area contributed by atoms with Gasteiger partial charge in [-0.3, -0.25) is 20.3 Å². The van der Waals surface area contributed by atoms with E-state index in [-0.39, 0.29) is 5.82 Å². The molecule has 1 atom stereocenters. The molecular formula is C26H28BClFN7O. The molecule has 4 N–H and O–H groups in total. The maximum absolute atomic E-state index is 13.8. The van der Waals surface area contributed by atoms with Crippen LogP contribution in [0, 0.1) is 17.1 Å². The number of fused-ring (bicyclic) bond motifs is 1. The van der Waals surface area contributed by atoms with Crippen molar-refractivity contribution in [1.29, 1.82) is 5.26 Å². The molecule has 3 aromatic rings. The van der Waals surface area contributed by atoms with Gasteiger partial charge in [-0.15, -0.1) is 5.53 Å². The summed E-state index contributed by atoms with van der Waals surface area (Å²) >= 11 is 6.69. The zero-order chi connectivity index (χ0) is 26.4. The third-order valence-electron chi connectivity index (χ3n) is 6.39. The number of halogens is 2. The summed E-state index contributed by atoms with van der Waals surface area (Å²) in [5.41, 5.74) is 11.9. The van der Waals surface area contributed by atoms with Gasteiger partial charge >= 0.3 is 0 Å². The summed E-state index contributed by atoms with van der Waals surface area (Å²) in [5.74, 6) is -0.310. The molecule has 2 heterocycles. The monoisotopic (exact) mass is 519 g/mol. The van der Waals surface area contributed by atoms with Crippen LogP contribution in [0.4, 0.5) is 15.8 Å². The summed E-state index contributed by atoms with van der Waals surface area (Å²) in [4.78, 5) is 10.2. The van der Waals surface area contributed by atoms with E-state index < -0.39 is 11.0 Å². The minimum atomic E-state index is -0.781. The Labute approximate surface area is 221 Å². The molecule has 1 saturated carbocycles. The van der Waals surface area contributed by atoms with Crippen molar-refractivity contribution in [3.8, 4) is 6.07 Å². The highest BCUT2D eigenvalue weighted by Gasteiger charge is 2.38. The smallest absolute Gasteiger partial charge is 0.148 e. The zero-order valence-corrected chi connectivity index (χ0v) is 21.9. The van der Waals surface area contributed by atoms with Gasteiger partial charge < -0.3 is 10.7 Å². The number of pyridine rings is 1. The molecular weight excluding hydrogens is 492 g/mol. The molecule has 8 nitrogen and oxygen atoms in total. The molecule has 37 heavy (non-hydrogen) atoms. The molecule has 0 amide bonds. The first kappa shape index (κ1) is 25.1. The maximum Gasteiger partial charge on any atom is 0.148 e. The fourth-order valence-corrected chi connectivity index (χ4v) is 4.50. The van der Waals surface area contributed by atoms with Gasteiger partial charge in [-0.25, -0.2) is 4.39 Å². The van der Waals surface area contributed by atoms with E-state index in [1.54, 1.807) is 18.2 Å². The van der Waals surface area contributed by atoms with Crippen LogP contribution in [0.1, 0.15) is 44.7 Å². The number of nitriles is 1. The Morgan fingerprint density at radius 2 is 1.97 bits per heavy atom. The summed E-state index contributed by atoms with van der Waals surface area (Å²) < 4.78 is 13.8. The first-order valence-corrected chi connectivity index (χ1v) is 12.5. The van der Waals surface area contributed by atoms with Crippen LogP contribution >= 0.6 is 11.6 Å². The number of hydrazine groups is 2. The number of aromatic nitrogens is 1. The largest absolute Gasteiger partial charge is 0.378 e. The van der Waals surface area contributed by atoms with Crippen LogP contribution in [0.25, 0.3) is 10.9 Å². The van der Waals surface area contributed by atoms with E-state index in [4.69, 9.17) is 16.4 Å². The van der Waals surface area contributed by atoms with Gasteiger partial charge in [-0.05, 0) is 63.4 Å². The van der Waals surface area contributed by atoms with E-state index >= 15 is 0 Å². The molecule has 1 aliphatic heterocycles. The number of rotatable bonds is 7. The molecule has 190 valence electrons. The first-order valence-electron chi connectivity index (χ1n) is 12.1. The van der Waals surface area contributed by atoms with Crippen LogP contribution in [0.3, 0.4) is 0 Å². The number of anilines is 2. The summed E-state index contributed by atoms with van der Waals surface area (Å²) in [6.07, 6.45) is 5.76. The van der Waals surface area contributed by atoms with Gasteiger partial charge in [-0.2, -0.15) is 5.26 Å². The average molecular weight is 520 g/mol. The summed E-state index contributed by atoms with van der Waals surface area (Å²) in [6.45, 7) is 5.72. The number of nitrogens with zero attached hydrogens (tertiary/aromatic N) is 3. The van der Waals surface area contributed by atoms with Gasteiger partial charge in [0.15, 0.2) is 0 Å². The van der Waals surface area contributed by atoms with Gasteiger partial charge in [0.2, 0.25) is 0 Å². The topological polar surface area (TPSA) is 97.3 Å². The third kappa shape index (κ3) is 5.16. The number of nitrogens with one attached hydrogen (secondary N) is 4. The molecule has 1 fully saturated rings. The lowest BCUT2D eigenvalue weighted by molar-refractivity contribution is 0.0377. The van der Waals surface area contributed by atoms with Crippen LogP contribution in [0.2, 0.25) is 5.02 Å². The van der Waals surface area contributed by atoms with Crippen LogP contribution in [0.5, 0.6) is 0 Å². The van der Waals surface area contributed by atoms with Crippen molar-refractivity contribution in [2.75, 3.05) is 10.8 Å². The van der Waals surface area contributed by atoms with E-state index in [0.29, 0.717) is 38.9 Å². The minimum absolute atomic E-state index is 0.310. The van der Waals surface area contributed by atoms with Gasteiger partial charge in [0.25, 0.3) is 0 Å². The highest BCUT2D eigenvalue weighted by atomic mass is 35.5. The van der Waals surface area contributed by atoms with E-state index in [9.17, 15) is 9.65 Å². The Morgan fingerprint density at radius 1 is 1.24 bits per heavy atom. The fraction of sp³-hybridized carbons (Fsp3) is 0.308. The molecule has 1 unspecified atom stereocenters. The van der Waals surface area contributed by atoms with Crippen molar-refractivity contribution in [3.63, 3.8) is 0 Å². The highest BCUT2D eigenvalue weighted by molar-refractivity contribution is 6.36. The van der Waals surface area contributed by atoms with Gasteiger partial charge in [-0.1, -0.05) is 23.7 Å². The Morgan fingerprint density at radius 3 is 2.62 bits per heavy atom. The lowest BCUT2D eigenvalue weighted by Gasteiger charge is -2.34. The average Bonchev–Trinajstić information content (AvgIpc) is 3.58. The molecule has 0 radical (unpaired) electrons. The van der Waals surface area contributed by atoms with Gasteiger partial charge in [0.05, 0.1) is 38.5 Å². The van der Waals surface area contributed by atoms with Crippen molar-refractivity contribution < 1.29 is 9.23 Å². The predicted molar refractivity (Wildman–Crippen MR) is 145 cm³/mol. The van der Waals surface area contributed by atoms with E-state index in [0.717, 1.165) is 24.1 Å². The van der Waals surface area contributed by atoms with Crippen molar-refractivity contribution in [1.82, 2.24) is 21.0 Å². The van der Waals surface area contributed by atoms with E-state index in [1.807, 2.05) is 40.9 Å². The molecule has 2 aromatic carbocycles. The summed E-state index contributed by atoms with van der Waals surface area (Å²) in [6, 6.07) is 12.7. The number of hydrogen-bond acceptors (Lipinski definition) is 8. The second-order valence-corrected chi connectivity index (χ2v) is 10.9. The van der Waals surface area contributed by atoms with E-state index in [1.165, 1.54) is 18.3 Å². The van der Waals surface area contributed by atoms with Crippen molar-refractivity contribution >= 4 is 41.7 Å². The molecule has 5 rings (SSSR count). The molecule has 11 heteroatoms. The molecule has 0 bridgehead atoms. The molecule has 0 saturated heterocycles. The van der Waals surface area contributed by atoms with Crippen LogP contribution in [0.15, 0.2) is 54.5 Å². The Kier molecular flexibility index (Phi) is 6.40. The molecule has 1 aliphatic carbocycles. The molecule has 2 aliphatic rings. The van der Waals surface area contributed by atoms with Crippen molar-refractivity contribution in [2.24, 2.45) is 0 Å². The molecule has 1 aromatic heterocycles. The van der Waals surface area contributed by atoms with Crippen LogP contribution < -0.4 is 21.8 Å². The standard InChI is InChI=1S/C26H28BClFN7O/c1-25(2,3)37-34-23-15(12-30)13-31-24-20(23)10-18(11-21(24)28)32-26(27,16-4-6-17(29)7-5-16)22-14-36(35-33-22)19-8-9-19/h4-7,10-11,13-14,19,32-33,35H,8-9,27H2,1-3H3,(H,31,34). The van der Waals surface area contributed by atoms with Gasteiger partial charge in [0, 0.05) is 29.5 Å². The van der Waals surface area contributed by atoms with Crippen molar-refractivity contribution in [2.45, 2.75) is 50.7 Å². The normalized spacial score (nSPS) is 17.1. The maximum atomic E-state index is 13.8. The Balaban J connectivity index is 1.60. The number of hydrogen-bond donors (Lipinski definition) is 4. The Bertz CT molecular complexity index is 1420. The highest BCUT2D eigenvalue weighted by Crippen LogP contribution is 2.38. The molecule has 0 spiro atoms. The summed E-state index contributed by atoms with van der Waals surface area (Å²) in [5, 5.41) is 16.4. The summed E-state index contributed by atoms with van der Waals surface area (Å²) in [7, 11) is 2.01. The first-order chi connectivity index (χ1) is 17.6. The quantitative estimate of drug-likeness (QED) is 0.271. The minimum Gasteiger partial charge on any atom is -0.378 e. The predicted octanol–water partition coefficient (Wildman–Crippen LogP) is 4.27. The second-order valence-electron chi connectivity index (χ2n) is 10.5. The lowest BCUT2D eigenvalue weighted by atomic mass is 9.69. The SMILES string of the molecule is BC(Nc1cc(Cl)c2ncc(C#N)c(NOC(C)(C)C)c2c1)(C1=CN(C2CC2)NN1)c1ccc(F)cc1. The number of benzene rings is 2. The van der Waals surface area contributed by atoms with Crippen LogP contribution in [-0.4, -0.2) is 29.5 Å². The second kappa shape index (κ2) is 9.41. The fourth-order valence-electron chi connectivity index (χ4n) is 4.23. The Hall–Kier alpha value is -3.52. The van der Waals surface area contributed by atoms with Crippen LogP contribution in [-0.2, 0) is 10.3 Å².